The van der Waals surface area contributed by atoms with E-state index in [1.54, 1.807) is 26.0 Å². The number of aryl methyl sites for hydroxylation is 1. The second-order valence-corrected chi connectivity index (χ2v) is 14.2. The Labute approximate surface area is 325 Å². The highest BCUT2D eigenvalue weighted by molar-refractivity contribution is 8.03. The second kappa shape index (κ2) is 17.6. The van der Waals surface area contributed by atoms with Gasteiger partial charge in [-0.25, -0.2) is 0 Å². The van der Waals surface area contributed by atoms with Crippen LogP contribution in [0.2, 0.25) is 0 Å². The van der Waals surface area contributed by atoms with E-state index in [1.807, 2.05) is 97.2 Å². The number of aromatic nitrogens is 1. The number of carbonyl (C=O) groups excluding carboxylic acids is 1. The molecular formula is C45H44FN3O5S. The average molecular weight is 758 g/mol. The molecule has 0 unspecified atom stereocenters. The number of amides is 1. The van der Waals surface area contributed by atoms with Crippen LogP contribution >= 0.6 is 11.8 Å². The molecule has 10 heteroatoms. The van der Waals surface area contributed by atoms with Crippen molar-refractivity contribution >= 4 is 40.3 Å². The molecule has 0 fully saturated rings. The lowest BCUT2D eigenvalue weighted by molar-refractivity contribution is -0.670. The molecule has 1 amide bonds. The molecule has 0 aliphatic carbocycles. The molecule has 1 aromatic heterocycles. The fraction of sp³-hybridized carbons (Fsp3) is 0.200. The molecule has 1 aliphatic heterocycles. The standard InChI is InChI=1S/C45H43N3O5S.FH/c1-47-41-15-9-10-16-42(41)54-44(47)29-32-25-27-48(40-14-8-7-13-39(32)40)28-26-43(50)46-36(30-49)31-53-45(33-11-5-4-6-12-33,34-17-21-37(51-2)22-18-34)35-19-23-38(52-3)24-20-35;/h4-25,27,29,36,49H,26,28,30-31H2,1-3H3;1H/t36-;/m1./s1. The molecule has 282 valence electrons. The van der Waals surface area contributed by atoms with Crippen molar-refractivity contribution in [3.8, 4) is 11.5 Å². The SMILES string of the molecule is COc1ccc(C(OC[C@@H](CO)NC(=O)CC[n+]2ccc(/C=C3\Sc4ccccc4N3C)c3ccccc32)(c2ccccc2)c2ccc(OC)cc2)cc1.[F-]. The van der Waals surface area contributed by atoms with Crippen molar-refractivity contribution in [2.24, 2.45) is 0 Å². The van der Waals surface area contributed by atoms with Gasteiger partial charge in [0.1, 0.15) is 17.1 Å². The number of thioether (sulfide) groups is 1. The van der Waals surface area contributed by atoms with E-state index >= 15 is 0 Å². The van der Waals surface area contributed by atoms with Crippen LogP contribution in [0.3, 0.4) is 0 Å². The van der Waals surface area contributed by atoms with Crippen molar-refractivity contribution in [1.29, 1.82) is 0 Å². The topological polar surface area (TPSA) is 84.1 Å². The number of para-hydroxylation sites is 2. The first kappa shape index (κ1) is 39.0. The molecule has 2 heterocycles. The number of nitrogens with one attached hydrogen (secondary N) is 1. The van der Waals surface area contributed by atoms with Crippen LogP contribution in [-0.2, 0) is 21.7 Å². The molecule has 7 rings (SSSR count). The summed E-state index contributed by atoms with van der Waals surface area (Å²) in [6.45, 7) is 0.219. The molecule has 0 spiro atoms. The van der Waals surface area contributed by atoms with E-state index in [0.29, 0.717) is 6.54 Å². The van der Waals surface area contributed by atoms with E-state index in [0.717, 1.165) is 49.7 Å². The van der Waals surface area contributed by atoms with Gasteiger partial charge < -0.3 is 34.2 Å². The summed E-state index contributed by atoms with van der Waals surface area (Å²) in [5, 5.41) is 15.8. The summed E-state index contributed by atoms with van der Waals surface area (Å²) in [5.74, 6) is 1.26. The summed E-state index contributed by atoms with van der Waals surface area (Å²) >= 11 is 1.76. The molecule has 55 heavy (non-hydrogen) atoms. The predicted octanol–water partition coefficient (Wildman–Crippen LogP) is 4.56. The van der Waals surface area contributed by atoms with Crippen LogP contribution in [0.4, 0.5) is 5.69 Å². The van der Waals surface area contributed by atoms with Gasteiger partial charge in [-0.2, -0.15) is 4.57 Å². The van der Waals surface area contributed by atoms with Crippen molar-refractivity contribution < 1.29 is 33.4 Å². The number of fused-ring (bicyclic) bond motifs is 2. The van der Waals surface area contributed by atoms with Crippen LogP contribution in [0.15, 0.2) is 150 Å². The van der Waals surface area contributed by atoms with Crippen LogP contribution in [-0.4, -0.2) is 51.5 Å². The number of nitrogens with zero attached hydrogens (tertiary/aromatic N) is 2. The highest BCUT2D eigenvalue weighted by atomic mass is 32.2. The number of carbonyl (C=O) groups is 1. The van der Waals surface area contributed by atoms with Crippen molar-refractivity contribution in [2.45, 2.75) is 29.5 Å². The molecule has 5 aromatic carbocycles. The molecule has 0 saturated carbocycles. The van der Waals surface area contributed by atoms with Gasteiger partial charge >= 0.3 is 0 Å². The molecule has 1 atom stereocenters. The third-order valence-electron chi connectivity index (χ3n) is 9.85. The largest absolute Gasteiger partial charge is 1.00 e. The molecule has 8 nitrogen and oxygen atoms in total. The minimum atomic E-state index is -1.07. The summed E-state index contributed by atoms with van der Waals surface area (Å²) in [5.41, 5.74) is 4.92. The molecule has 0 bridgehead atoms. The van der Waals surface area contributed by atoms with Crippen molar-refractivity contribution in [1.82, 2.24) is 5.32 Å². The first-order chi connectivity index (χ1) is 26.4. The number of methoxy groups -OCH3 is 2. The first-order valence-electron chi connectivity index (χ1n) is 18.0. The summed E-state index contributed by atoms with van der Waals surface area (Å²) < 4.78 is 20.0. The van der Waals surface area contributed by atoms with Crippen LogP contribution in [0.5, 0.6) is 11.5 Å². The number of hydrogen-bond acceptors (Lipinski definition) is 7. The number of pyridine rings is 1. The van der Waals surface area contributed by atoms with Crippen LogP contribution in [0.25, 0.3) is 17.0 Å². The lowest BCUT2D eigenvalue weighted by Gasteiger charge is -2.37. The third-order valence-corrected chi connectivity index (χ3v) is 11.0. The lowest BCUT2D eigenvalue weighted by Crippen LogP contribution is -3.00. The fourth-order valence-corrected chi connectivity index (χ4v) is 8.07. The van der Waals surface area contributed by atoms with E-state index in [-0.39, 0.29) is 30.2 Å². The lowest BCUT2D eigenvalue weighted by atomic mass is 9.80. The highest BCUT2D eigenvalue weighted by Gasteiger charge is 2.38. The first-order valence-corrected chi connectivity index (χ1v) is 18.8. The van der Waals surface area contributed by atoms with Gasteiger partial charge in [0, 0.05) is 24.1 Å². The monoisotopic (exact) mass is 757 g/mol. The molecule has 0 radical (unpaired) electrons. The number of aliphatic hydroxyl groups is 1. The van der Waals surface area contributed by atoms with Crippen LogP contribution in [0.1, 0.15) is 28.7 Å². The number of benzene rings is 5. The highest BCUT2D eigenvalue weighted by Crippen LogP contribution is 2.46. The van der Waals surface area contributed by atoms with E-state index in [1.165, 1.54) is 10.6 Å². The van der Waals surface area contributed by atoms with Crippen LogP contribution in [0, 0.1) is 0 Å². The zero-order valence-corrected chi connectivity index (χ0v) is 31.8. The van der Waals surface area contributed by atoms with Crippen molar-refractivity contribution in [3.63, 3.8) is 0 Å². The van der Waals surface area contributed by atoms with Gasteiger partial charge in [-0.15, -0.1) is 0 Å². The summed E-state index contributed by atoms with van der Waals surface area (Å²) in [4.78, 5) is 17.0. The van der Waals surface area contributed by atoms with Gasteiger partial charge in [0.05, 0.1) is 56.0 Å². The van der Waals surface area contributed by atoms with E-state index in [9.17, 15) is 9.90 Å². The minimum absolute atomic E-state index is 0. The van der Waals surface area contributed by atoms with E-state index in [2.05, 4.69) is 70.4 Å². The number of ether oxygens (including phenoxy) is 3. The van der Waals surface area contributed by atoms with Gasteiger partial charge in [0.15, 0.2) is 12.7 Å². The maximum atomic E-state index is 13.5. The summed E-state index contributed by atoms with van der Waals surface area (Å²) in [6, 6.07) is 43.6. The number of anilines is 1. The normalized spacial score (nSPS) is 13.6. The molecule has 0 saturated heterocycles. The number of aliphatic hydroxyl groups excluding tert-OH is 1. The Morgan fingerprint density at radius 1 is 0.818 bits per heavy atom. The maximum Gasteiger partial charge on any atom is 0.226 e. The Bertz CT molecular complexity index is 2200. The number of rotatable bonds is 14. The fourth-order valence-electron chi connectivity index (χ4n) is 6.97. The zero-order valence-electron chi connectivity index (χ0n) is 31.0. The Morgan fingerprint density at radius 2 is 1.42 bits per heavy atom. The Balaban J connectivity index is 0.00000514. The minimum Gasteiger partial charge on any atom is -1.00 e. The molecule has 6 aromatic rings. The molecule has 2 N–H and O–H groups in total. The Hall–Kier alpha value is -5.68. The van der Waals surface area contributed by atoms with Crippen molar-refractivity contribution in [3.05, 3.63) is 167 Å². The Morgan fingerprint density at radius 3 is 2.05 bits per heavy atom. The number of hydrogen-bond donors (Lipinski definition) is 2. The average Bonchev–Trinajstić information content (AvgIpc) is 3.55. The summed E-state index contributed by atoms with van der Waals surface area (Å²) in [7, 11) is 5.37. The van der Waals surface area contributed by atoms with Gasteiger partial charge in [0.2, 0.25) is 11.4 Å². The van der Waals surface area contributed by atoms with Crippen molar-refractivity contribution in [2.75, 3.05) is 39.4 Å². The summed E-state index contributed by atoms with van der Waals surface area (Å²) in [6.07, 6.45) is 4.49. The smallest absolute Gasteiger partial charge is 0.226 e. The molecule has 1 aliphatic rings. The second-order valence-electron chi connectivity index (χ2n) is 13.1. The van der Waals surface area contributed by atoms with E-state index < -0.39 is 11.6 Å². The van der Waals surface area contributed by atoms with Gasteiger partial charge in [-0.3, -0.25) is 4.79 Å². The molecular weight excluding hydrogens is 714 g/mol. The maximum absolute atomic E-state index is 13.5. The van der Waals surface area contributed by atoms with Crippen LogP contribution < -0.4 is 29.0 Å². The van der Waals surface area contributed by atoms with Gasteiger partial charge in [0.25, 0.3) is 0 Å². The number of halogens is 1. The van der Waals surface area contributed by atoms with E-state index in [4.69, 9.17) is 14.2 Å². The van der Waals surface area contributed by atoms with Gasteiger partial charge in [-0.05, 0) is 70.8 Å². The predicted molar refractivity (Wildman–Crippen MR) is 215 cm³/mol. The Kier molecular flexibility index (Phi) is 12.5. The zero-order chi connectivity index (χ0) is 37.5. The quantitative estimate of drug-likeness (QED) is 0.125. The third kappa shape index (κ3) is 8.22. The van der Waals surface area contributed by atoms with Gasteiger partial charge in [-0.1, -0.05) is 90.6 Å².